The third kappa shape index (κ3) is 9.88. The van der Waals surface area contributed by atoms with Crippen LogP contribution in [0.1, 0.15) is 112 Å². The van der Waals surface area contributed by atoms with E-state index in [0.717, 1.165) is 69.0 Å². The quantitative estimate of drug-likeness (QED) is 0.0573. The number of carbonyl (C=O) groups excluding carboxylic acids is 1. The number of nitro benzene ring substituents is 1. The second kappa shape index (κ2) is 18.9. The van der Waals surface area contributed by atoms with E-state index < -0.39 is 37.0 Å². The number of nitrogens with zero attached hydrogens (tertiary/aromatic N) is 4. The molecule has 17 heteroatoms. The first-order valence-electron chi connectivity index (χ1n) is 24.6. The Morgan fingerprint density at radius 3 is 2.48 bits per heavy atom. The van der Waals surface area contributed by atoms with Crippen molar-refractivity contribution in [2.45, 2.75) is 113 Å². The lowest BCUT2D eigenvalue weighted by atomic mass is 9.70. The van der Waals surface area contributed by atoms with E-state index in [2.05, 4.69) is 67.9 Å². The lowest BCUT2D eigenvalue weighted by Gasteiger charge is -2.57. The fourth-order valence-electron chi connectivity index (χ4n) is 11.3. The molecule has 0 unspecified atom stereocenters. The molecule has 5 heterocycles. The van der Waals surface area contributed by atoms with Crippen molar-refractivity contribution in [3.63, 3.8) is 0 Å². The van der Waals surface area contributed by atoms with E-state index in [1.807, 2.05) is 19.1 Å². The number of carbonyl (C=O) groups is 1. The van der Waals surface area contributed by atoms with Crippen LogP contribution in [-0.2, 0) is 14.8 Å². The van der Waals surface area contributed by atoms with Gasteiger partial charge in [-0.1, -0.05) is 44.5 Å². The van der Waals surface area contributed by atoms with Crippen molar-refractivity contribution in [2.75, 3.05) is 56.2 Å². The highest BCUT2D eigenvalue weighted by molar-refractivity contribution is 7.90. The van der Waals surface area contributed by atoms with Gasteiger partial charge in [-0.3, -0.25) is 19.8 Å². The normalized spacial score (nSPS) is 24.0. The summed E-state index contributed by atoms with van der Waals surface area (Å²) in [6.07, 6.45) is 10.0. The summed E-state index contributed by atoms with van der Waals surface area (Å²) in [4.78, 5) is 38.2. The summed E-state index contributed by atoms with van der Waals surface area (Å²) in [5.41, 5.74) is 3.57. The number of nitrogens with one attached hydrogen (secondary N) is 3. The number of sulfonamides is 1. The van der Waals surface area contributed by atoms with Crippen molar-refractivity contribution >= 4 is 44.0 Å². The van der Waals surface area contributed by atoms with Gasteiger partial charge in [0.05, 0.1) is 34.2 Å². The number of aromatic amines is 1. The molecule has 16 nitrogen and oxygen atoms in total. The Kier molecular flexibility index (Phi) is 12.8. The first-order valence-corrected chi connectivity index (χ1v) is 26.1. The molecule has 1 spiro atoms. The lowest BCUT2D eigenvalue weighted by molar-refractivity contribution is -0.384. The Labute approximate surface area is 403 Å². The van der Waals surface area contributed by atoms with Crippen LogP contribution in [0.2, 0.25) is 0 Å². The second-order valence-electron chi connectivity index (χ2n) is 20.7. The molecule has 2 aliphatic carbocycles. The molecule has 1 amide bonds. The molecule has 3 saturated heterocycles. The maximum atomic E-state index is 14.2. The summed E-state index contributed by atoms with van der Waals surface area (Å²) in [5, 5.41) is 26.5. The molecule has 366 valence electrons. The van der Waals surface area contributed by atoms with Gasteiger partial charge in [-0.25, -0.2) is 13.1 Å². The maximum absolute atomic E-state index is 14.2. The third-order valence-corrected chi connectivity index (χ3v) is 16.8. The first kappa shape index (κ1) is 47.0. The minimum Gasteiger partial charge on any atom is -0.467 e. The lowest BCUT2D eigenvalue weighted by Crippen LogP contribution is -2.63. The number of hydrogen-bond acceptors (Lipinski definition) is 13. The van der Waals surface area contributed by atoms with Crippen LogP contribution in [0.25, 0.3) is 11.0 Å². The van der Waals surface area contributed by atoms with Gasteiger partial charge >= 0.3 is 0 Å². The van der Waals surface area contributed by atoms with Crippen molar-refractivity contribution in [3.8, 4) is 17.4 Å². The summed E-state index contributed by atoms with van der Waals surface area (Å²) in [7, 11) is -4.62. The maximum Gasteiger partial charge on any atom is 0.293 e. The average molecular weight is 962 g/mol. The van der Waals surface area contributed by atoms with Crippen molar-refractivity contribution < 1.29 is 37.5 Å². The smallest absolute Gasteiger partial charge is 0.293 e. The van der Waals surface area contributed by atoms with E-state index in [1.165, 1.54) is 42.5 Å². The van der Waals surface area contributed by atoms with Gasteiger partial charge in [0.2, 0.25) is 0 Å². The molecule has 0 bridgehead atoms. The van der Waals surface area contributed by atoms with Crippen LogP contribution in [0.15, 0.2) is 83.9 Å². The Hall–Kier alpha value is -5.75. The summed E-state index contributed by atoms with van der Waals surface area (Å²) < 4.78 is 48.1. The number of piperidine rings is 1. The molecular formula is C52H63N7O9S. The summed E-state index contributed by atoms with van der Waals surface area (Å²) >= 11 is 0. The zero-order valence-corrected chi connectivity index (χ0v) is 40.4. The molecule has 5 fully saturated rings. The SMILES string of the molecule is CC(C)c1ccccc1[C@H]1CCC[C@H]1N1CC2(CCN(c3ccc(C(=O)NS(=O)(=O)c4ccc(NCC5CCC(C)(O)CC5)c([N+](=O)[O-])c4)c(Oc4cc5cc[nH]c5nc4OC4COC4)c3)CC2)C1. The van der Waals surface area contributed by atoms with Gasteiger partial charge in [0.15, 0.2) is 5.75 Å². The van der Waals surface area contributed by atoms with Crippen LogP contribution in [0.5, 0.6) is 17.4 Å². The molecule has 3 aromatic carbocycles. The van der Waals surface area contributed by atoms with Crippen molar-refractivity contribution in [3.05, 3.63) is 106 Å². The van der Waals surface area contributed by atoms with Crippen molar-refractivity contribution in [1.82, 2.24) is 19.6 Å². The van der Waals surface area contributed by atoms with Gasteiger partial charge in [0.1, 0.15) is 23.2 Å². The molecule has 2 atom stereocenters. The zero-order valence-electron chi connectivity index (χ0n) is 39.6. The number of amides is 1. The van der Waals surface area contributed by atoms with Crippen molar-refractivity contribution in [2.24, 2.45) is 11.3 Å². The topological polar surface area (TPSA) is 201 Å². The minimum absolute atomic E-state index is 0.0677. The standard InChI is InChI=1S/C52H63N7O9S/c1-33(2)39-7-4-5-8-40(39)41-9-6-10-44(41)58-31-52(32-58)20-23-57(24-21-52)36-11-13-42(46(26-36)68-47-25-35-17-22-53-48(35)55-50(47)67-37-29-66-30-37)49(60)56-69(64,65)38-12-14-43(45(27-38)59(62)63)54-28-34-15-18-51(3,61)19-16-34/h4-5,7-8,11-14,17,22,25-27,33-34,37,41,44,54,61H,6,9-10,15-16,18-21,23-24,28-32H2,1-3H3,(H,53,55)(H,56,60)/t34?,41-,44-,51?/m1/s1. The number of ether oxygens (including phenoxy) is 3. The molecule has 4 N–H and O–H groups in total. The van der Waals surface area contributed by atoms with Gasteiger partial charge in [-0.2, -0.15) is 4.98 Å². The van der Waals surface area contributed by atoms with Gasteiger partial charge in [-0.05, 0) is 129 Å². The van der Waals surface area contributed by atoms with Crippen LogP contribution in [0, 0.1) is 21.4 Å². The summed E-state index contributed by atoms with van der Waals surface area (Å²) in [6, 6.07) is 21.8. The molecule has 69 heavy (non-hydrogen) atoms. The summed E-state index contributed by atoms with van der Waals surface area (Å²) in [6.45, 7) is 11.4. The van der Waals surface area contributed by atoms with Gasteiger partial charge in [0.25, 0.3) is 27.5 Å². The fraction of sp³-hybridized carbons (Fsp3) is 0.500. The van der Waals surface area contributed by atoms with Crippen LogP contribution in [-0.4, -0.2) is 103 Å². The van der Waals surface area contributed by atoms with Crippen LogP contribution in [0.3, 0.4) is 0 Å². The number of rotatable bonds is 15. The van der Waals surface area contributed by atoms with E-state index in [4.69, 9.17) is 14.2 Å². The number of aliphatic hydroxyl groups is 1. The average Bonchev–Trinajstić information content (AvgIpc) is 3.98. The Morgan fingerprint density at radius 2 is 1.75 bits per heavy atom. The van der Waals surface area contributed by atoms with E-state index in [9.17, 15) is 28.4 Å². The van der Waals surface area contributed by atoms with Gasteiger partial charge in [-0.15, -0.1) is 0 Å². The number of fused-ring (bicyclic) bond motifs is 1. The van der Waals surface area contributed by atoms with E-state index in [1.54, 1.807) is 24.4 Å². The molecule has 2 saturated carbocycles. The fourth-order valence-corrected chi connectivity index (χ4v) is 12.3. The highest BCUT2D eigenvalue weighted by atomic mass is 32.2. The molecule has 5 aliphatic rings. The van der Waals surface area contributed by atoms with Crippen LogP contribution in [0.4, 0.5) is 17.1 Å². The van der Waals surface area contributed by atoms with Crippen LogP contribution < -0.4 is 24.4 Å². The first-order chi connectivity index (χ1) is 33.1. The highest BCUT2D eigenvalue weighted by Crippen LogP contribution is 2.49. The Bertz CT molecular complexity index is 2820. The van der Waals surface area contributed by atoms with E-state index >= 15 is 0 Å². The molecular weight excluding hydrogens is 899 g/mol. The molecule has 0 radical (unpaired) electrons. The molecule has 5 aromatic rings. The predicted molar refractivity (Wildman–Crippen MR) is 263 cm³/mol. The van der Waals surface area contributed by atoms with Gasteiger partial charge in [0, 0.05) is 68.2 Å². The predicted octanol–water partition coefficient (Wildman–Crippen LogP) is 8.87. The zero-order chi connectivity index (χ0) is 48.1. The van der Waals surface area contributed by atoms with E-state index in [0.29, 0.717) is 56.1 Å². The van der Waals surface area contributed by atoms with Gasteiger partial charge < -0.3 is 34.5 Å². The molecule has 10 rings (SSSR count). The number of nitro groups is 1. The molecule has 3 aliphatic heterocycles. The third-order valence-electron chi connectivity index (χ3n) is 15.5. The number of hydrogen-bond donors (Lipinski definition) is 4. The summed E-state index contributed by atoms with van der Waals surface area (Å²) in [5.74, 6) is 0.772. The number of pyridine rings is 1. The Morgan fingerprint density at radius 1 is 0.986 bits per heavy atom. The number of H-pyrrole nitrogens is 1. The number of likely N-dealkylation sites (tertiary alicyclic amines) is 1. The monoisotopic (exact) mass is 961 g/mol. The highest BCUT2D eigenvalue weighted by Gasteiger charge is 2.49. The largest absolute Gasteiger partial charge is 0.467 e. The van der Waals surface area contributed by atoms with Crippen LogP contribution >= 0.6 is 0 Å². The minimum atomic E-state index is -4.62. The van der Waals surface area contributed by atoms with E-state index in [-0.39, 0.29) is 46.1 Å². The molecule has 2 aromatic heterocycles. The number of anilines is 2. The number of aromatic nitrogens is 2. The second-order valence-corrected chi connectivity index (χ2v) is 22.4. The van der Waals surface area contributed by atoms with Crippen molar-refractivity contribution in [1.29, 1.82) is 0 Å². The number of benzene rings is 3. The Balaban J connectivity index is 0.874.